The maximum absolute atomic E-state index is 13.2. The van der Waals surface area contributed by atoms with Crippen molar-refractivity contribution in [1.82, 2.24) is 9.80 Å². The number of ether oxygens (including phenoxy) is 1. The Morgan fingerprint density at radius 1 is 0.972 bits per heavy atom. The first-order valence-electron chi connectivity index (χ1n) is 12.8. The average Bonchev–Trinajstić information content (AvgIpc) is 3.14. The Labute approximate surface area is 219 Å². The van der Waals surface area contributed by atoms with Crippen LogP contribution in [0.15, 0.2) is 54.1 Å². The summed E-state index contributed by atoms with van der Waals surface area (Å²) in [5, 5.41) is 11.7. The molecule has 6 nitrogen and oxygen atoms in total. The highest BCUT2D eigenvalue weighted by Gasteiger charge is 2.46. The second-order valence-electron chi connectivity index (χ2n) is 9.14. The number of benzene rings is 2. The molecule has 1 N–H and O–H groups in total. The Balaban J connectivity index is 1.92. The number of rotatable bonds is 13. The van der Waals surface area contributed by atoms with Crippen LogP contribution in [-0.4, -0.2) is 59.9 Å². The number of unbranched alkanes of at least 4 members (excludes halogenated alkanes) is 2. The number of hydrogen-bond donors (Lipinski definition) is 1. The molecule has 2 aromatic rings. The maximum Gasteiger partial charge on any atom is 0.295 e. The van der Waals surface area contributed by atoms with Crippen LogP contribution in [0.4, 0.5) is 0 Å². The molecule has 1 atom stereocenters. The number of methoxy groups -OCH3 is 1. The van der Waals surface area contributed by atoms with Gasteiger partial charge in [-0.05, 0) is 74.8 Å². The Bertz CT molecular complexity index is 1060. The van der Waals surface area contributed by atoms with Gasteiger partial charge in [0.1, 0.15) is 11.5 Å². The van der Waals surface area contributed by atoms with Gasteiger partial charge in [-0.2, -0.15) is 0 Å². The highest BCUT2D eigenvalue weighted by Crippen LogP contribution is 2.41. The van der Waals surface area contributed by atoms with Crippen LogP contribution in [0.2, 0.25) is 5.02 Å². The summed E-state index contributed by atoms with van der Waals surface area (Å²) < 4.78 is 5.20. The molecule has 0 radical (unpaired) electrons. The molecule has 0 aromatic heterocycles. The number of likely N-dealkylation sites (tertiary alicyclic amines) is 1. The third-order valence-corrected chi connectivity index (χ3v) is 6.98. The number of carbonyl (C=O) groups excluding carboxylic acids is 2. The summed E-state index contributed by atoms with van der Waals surface area (Å²) in [7, 11) is 1.56. The van der Waals surface area contributed by atoms with Gasteiger partial charge >= 0.3 is 0 Å². The van der Waals surface area contributed by atoms with E-state index in [0.717, 1.165) is 51.7 Å². The zero-order valence-corrected chi connectivity index (χ0v) is 22.3. The highest BCUT2D eigenvalue weighted by atomic mass is 35.5. The molecule has 36 heavy (non-hydrogen) atoms. The lowest BCUT2D eigenvalue weighted by Gasteiger charge is -2.28. The third kappa shape index (κ3) is 6.48. The summed E-state index contributed by atoms with van der Waals surface area (Å²) >= 11 is 6.54. The predicted molar refractivity (Wildman–Crippen MR) is 144 cm³/mol. The molecule has 1 saturated heterocycles. The number of carbonyl (C=O) groups is 2. The molecule has 2 aromatic carbocycles. The van der Waals surface area contributed by atoms with E-state index in [4.69, 9.17) is 16.3 Å². The fraction of sp³-hybridized carbons (Fsp3) is 0.448. The molecule has 0 aliphatic carbocycles. The fourth-order valence-corrected chi connectivity index (χ4v) is 4.84. The summed E-state index contributed by atoms with van der Waals surface area (Å²) in [6, 6.07) is 13.2. The molecule has 3 rings (SSSR count). The fourth-order valence-electron chi connectivity index (χ4n) is 4.60. The van der Waals surface area contributed by atoms with Crippen LogP contribution in [0.1, 0.15) is 63.1 Å². The molecule has 1 aliphatic heterocycles. The molecule has 0 saturated carbocycles. The monoisotopic (exact) mass is 512 g/mol. The molecule has 1 fully saturated rings. The molecule has 7 heteroatoms. The molecule has 194 valence electrons. The quantitative estimate of drug-likeness (QED) is 0.200. The van der Waals surface area contributed by atoms with Gasteiger partial charge < -0.3 is 19.6 Å². The Morgan fingerprint density at radius 3 is 2.17 bits per heavy atom. The number of nitrogens with zero attached hydrogens (tertiary/aromatic N) is 2. The van der Waals surface area contributed by atoms with Crippen molar-refractivity contribution in [2.45, 2.75) is 52.0 Å². The van der Waals surface area contributed by atoms with Crippen molar-refractivity contribution >= 4 is 29.1 Å². The van der Waals surface area contributed by atoms with E-state index in [1.807, 2.05) is 12.1 Å². The number of hydrogen-bond acceptors (Lipinski definition) is 5. The van der Waals surface area contributed by atoms with Gasteiger partial charge in [-0.1, -0.05) is 56.5 Å². The highest BCUT2D eigenvalue weighted by molar-refractivity contribution is 6.47. The number of halogens is 1. The Kier molecular flexibility index (Phi) is 10.4. The zero-order chi connectivity index (χ0) is 26.1. The van der Waals surface area contributed by atoms with E-state index in [9.17, 15) is 14.7 Å². The molecule has 1 amide bonds. The standard InChI is InChI=1S/C29H37ClN2O4/c1-4-6-17-31(18-7-5-2)19-10-20-32-26(23-11-8-9-12-24(23)30)25(28(34)29(32)35)27(33)21-13-15-22(36-3)16-14-21/h8-9,11-16,26,33H,4-7,10,17-20H2,1-3H3. The number of aliphatic hydroxyl groups excluding tert-OH is 1. The second-order valence-corrected chi connectivity index (χ2v) is 9.55. The van der Waals surface area contributed by atoms with Crippen LogP contribution in [0.25, 0.3) is 5.76 Å². The van der Waals surface area contributed by atoms with Gasteiger partial charge in [-0.25, -0.2) is 0 Å². The van der Waals surface area contributed by atoms with Gasteiger partial charge in [0.15, 0.2) is 0 Å². The minimum Gasteiger partial charge on any atom is -0.507 e. The van der Waals surface area contributed by atoms with Crippen molar-refractivity contribution in [2.75, 3.05) is 33.3 Å². The normalized spacial score (nSPS) is 17.2. The summed E-state index contributed by atoms with van der Waals surface area (Å²) in [6.45, 7) is 7.67. The first-order chi connectivity index (χ1) is 17.4. The summed E-state index contributed by atoms with van der Waals surface area (Å²) in [6.07, 6.45) is 5.26. The van der Waals surface area contributed by atoms with Crippen molar-refractivity contribution < 1.29 is 19.4 Å². The van der Waals surface area contributed by atoms with E-state index in [-0.39, 0.29) is 11.3 Å². The smallest absolute Gasteiger partial charge is 0.295 e. The molecule has 1 unspecified atom stereocenters. The molecular weight excluding hydrogens is 476 g/mol. The lowest BCUT2D eigenvalue weighted by atomic mass is 9.95. The van der Waals surface area contributed by atoms with Crippen LogP contribution in [0.5, 0.6) is 5.75 Å². The van der Waals surface area contributed by atoms with Crippen LogP contribution >= 0.6 is 11.6 Å². The van der Waals surface area contributed by atoms with E-state index < -0.39 is 17.7 Å². The average molecular weight is 513 g/mol. The molecule has 1 aliphatic rings. The SMILES string of the molecule is CCCCN(CCCC)CCCN1C(=O)C(=O)C(=C(O)c2ccc(OC)cc2)C1c1ccccc1Cl. The van der Waals surface area contributed by atoms with Crippen molar-refractivity contribution in [1.29, 1.82) is 0 Å². The van der Waals surface area contributed by atoms with Gasteiger partial charge in [0.05, 0.1) is 18.7 Å². The summed E-state index contributed by atoms with van der Waals surface area (Å²) in [5.41, 5.74) is 1.13. The topological polar surface area (TPSA) is 70.1 Å². The molecule has 0 bridgehead atoms. The van der Waals surface area contributed by atoms with Crippen molar-refractivity contribution in [2.24, 2.45) is 0 Å². The van der Waals surface area contributed by atoms with E-state index in [2.05, 4.69) is 18.7 Å². The van der Waals surface area contributed by atoms with Crippen molar-refractivity contribution in [3.8, 4) is 5.75 Å². The number of Topliss-reactive ketones (excluding diaryl/α,β-unsaturated/α-hetero) is 1. The minimum absolute atomic E-state index is 0.0621. The van der Waals surface area contributed by atoms with E-state index >= 15 is 0 Å². The Morgan fingerprint density at radius 2 is 1.58 bits per heavy atom. The van der Waals surface area contributed by atoms with Crippen LogP contribution in [-0.2, 0) is 9.59 Å². The lowest BCUT2D eigenvalue weighted by molar-refractivity contribution is -0.140. The first kappa shape index (κ1) is 27.8. The van der Waals surface area contributed by atoms with Gasteiger partial charge in [0, 0.05) is 17.1 Å². The van der Waals surface area contributed by atoms with E-state index in [1.54, 1.807) is 48.4 Å². The largest absolute Gasteiger partial charge is 0.507 e. The van der Waals surface area contributed by atoms with Gasteiger partial charge in [0.2, 0.25) is 0 Å². The third-order valence-electron chi connectivity index (χ3n) is 6.63. The van der Waals surface area contributed by atoms with E-state index in [0.29, 0.717) is 28.4 Å². The van der Waals surface area contributed by atoms with Gasteiger partial charge in [-0.15, -0.1) is 0 Å². The molecule has 0 spiro atoms. The van der Waals surface area contributed by atoms with Gasteiger partial charge in [-0.3, -0.25) is 9.59 Å². The second kappa shape index (κ2) is 13.5. The van der Waals surface area contributed by atoms with Crippen LogP contribution in [0, 0.1) is 0 Å². The minimum atomic E-state index is -0.750. The van der Waals surface area contributed by atoms with Crippen LogP contribution < -0.4 is 4.74 Å². The molecular formula is C29H37ClN2O4. The van der Waals surface area contributed by atoms with E-state index in [1.165, 1.54) is 0 Å². The Hall–Kier alpha value is -2.83. The number of aliphatic hydroxyl groups is 1. The number of ketones is 1. The van der Waals surface area contributed by atoms with Crippen LogP contribution in [0.3, 0.4) is 0 Å². The van der Waals surface area contributed by atoms with Gasteiger partial charge in [0.25, 0.3) is 11.7 Å². The molecule has 1 heterocycles. The zero-order valence-electron chi connectivity index (χ0n) is 21.5. The number of amides is 1. The first-order valence-corrected chi connectivity index (χ1v) is 13.2. The van der Waals surface area contributed by atoms with Crippen molar-refractivity contribution in [3.63, 3.8) is 0 Å². The van der Waals surface area contributed by atoms with Crippen molar-refractivity contribution in [3.05, 3.63) is 70.3 Å². The maximum atomic E-state index is 13.2. The summed E-state index contributed by atoms with van der Waals surface area (Å²) in [5.74, 6) is -0.882. The predicted octanol–water partition coefficient (Wildman–Crippen LogP) is 6.06. The lowest BCUT2D eigenvalue weighted by Crippen LogP contribution is -2.34. The summed E-state index contributed by atoms with van der Waals surface area (Å²) in [4.78, 5) is 30.5.